The van der Waals surface area contributed by atoms with Crippen molar-refractivity contribution in [2.24, 2.45) is 0 Å². The van der Waals surface area contributed by atoms with Crippen LogP contribution in [0.1, 0.15) is 21.7 Å². The first-order valence-corrected chi connectivity index (χ1v) is 12.6. The molecule has 1 saturated heterocycles. The quantitative estimate of drug-likeness (QED) is 0.265. The van der Waals surface area contributed by atoms with Crippen molar-refractivity contribution in [2.75, 3.05) is 26.2 Å². The van der Waals surface area contributed by atoms with E-state index in [1.165, 1.54) is 23.1 Å². The molecule has 0 bridgehead atoms. The van der Waals surface area contributed by atoms with Gasteiger partial charge in [-0.2, -0.15) is 18.3 Å². The van der Waals surface area contributed by atoms with Crippen LogP contribution >= 0.6 is 0 Å². The van der Waals surface area contributed by atoms with Gasteiger partial charge in [-0.25, -0.2) is 18.3 Å². The highest BCUT2D eigenvalue weighted by Gasteiger charge is 2.36. The molecule has 40 heavy (non-hydrogen) atoms. The summed E-state index contributed by atoms with van der Waals surface area (Å²) in [5, 5.41) is 5.79. The fraction of sp³-hybridized carbons (Fsp3) is 0.207. The number of amides is 1. The Morgan fingerprint density at radius 3 is 2.35 bits per heavy atom. The Morgan fingerprint density at radius 1 is 0.850 bits per heavy atom. The summed E-state index contributed by atoms with van der Waals surface area (Å²) < 4.78 is 70.4. The van der Waals surface area contributed by atoms with Crippen LogP contribution in [0.5, 0.6) is 0 Å². The molecule has 0 aliphatic carbocycles. The second-order valence-corrected chi connectivity index (χ2v) is 9.67. The van der Waals surface area contributed by atoms with E-state index >= 15 is 0 Å². The number of piperazine rings is 1. The molecular formula is C29H22F5N5O. The lowest BCUT2D eigenvalue weighted by Gasteiger charge is -2.34. The number of alkyl halides is 3. The number of benzene rings is 3. The first-order valence-electron chi connectivity index (χ1n) is 12.6. The second-order valence-electron chi connectivity index (χ2n) is 9.67. The molecule has 11 heteroatoms. The maximum atomic E-state index is 14.1. The third kappa shape index (κ3) is 4.88. The molecule has 204 valence electrons. The fourth-order valence-corrected chi connectivity index (χ4v) is 4.96. The summed E-state index contributed by atoms with van der Waals surface area (Å²) in [5.74, 6) is -2.35. The van der Waals surface area contributed by atoms with Crippen LogP contribution in [0.3, 0.4) is 0 Å². The highest BCUT2D eigenvalue weighted by Crippen LogP contribution is 2.33. The average Bonchev–Trinajstić information content (AvgIpc) is 3.38. The van der Waals surface area contributed by atoms with Crippen LogP contribution in [0.2, 0.25) is 0 Å². The predicted octanol–water partition coefficient (Wildman–Crippen LogP) is 5.80. The molecule has 0 saturated carbocycles. The summed E-state index contributed by atoms with van der Waals surface area (Å²) >= 11 is 0. The van der Waals surface area contributed by atoms with Crippen LogP contribution in [0.15, 0.2) is 72.8 Å². The molecule has 0 unspecified atom stereocenters. The second kappa shape index (κ2) is 9.98. The van der Waals surface area contributed by atoms with Crippen LogP contribution in [0, 0.1) is 11.6 Å². The number of hydrogen-bond acceptors (Lipinski definition) is 4. The maximum absolute atomic E-state index is 14.1. The molecule has 0 atom stereocenters. The highest BCUT2D eigenvalue weighted by molar-refractivity contribution is 5.93. The molecule has 1 aliphatic rings. The van der Waals surface area contributed by atoms with Crippen LogP contribution in [0.25, 0.3) is 27.7 Å². The maximum Gasteiger partial charge on any atom is 0.433 e. The summed E-state index contributed by atoms with van der Waals surface area (Å²) in [6, 6.07) is 19.0. The molecule has 5 aromatic rings. The van der Waals surface area contributed by atoms with Crippen molar-refractivity contribution in [3.05, 3.63) is 101 Å². The van der Waals surface area contributed by atoms with Gasteiger partial charge in [-0.3, -0.25) is 9.69 Å². The number of aromatic nitrogens is 3. The van der Waals surface area contributed by atoms with E-state index in [0.717, 1.165) is 22.9 Å². The van der Waals surface area contributed by atoms with Gasteiger partial charge in [0.25, 0.3) is 5.91 Å². The zero-order valence-corrected chi connectivity index (χ0v) is 21.0. The fourth-order valence-electron chi connectivity index (χ4n) is 4.96. The van der Waals surface area contributed by atoms with Crippen molar-refractivity contribution in [3.63, 3.8) is 0 Å². The minimum absolute atomic E-state index is 0.0958. The van der Waals surface area contributed by atoms with Gasteiger partial charge in [0.2, 0.25) is 0 Å². The molecule has 3 heterocycles. The number of nitrogens with zero attached hydrogens (tertiary/aromatic N) is 5. The molecule has 6 nitrogen and oxygen atoms in total. The summed E-state index contributed by atoms with van der Waals surface area (Å²) in [4.78, 5) is 21.0. The monoisotopic (exact) mass is 551 g/mol. The standard InChI is InChI=1S/C29H22F5N5O/c30-22-7-3-6-21(27(22)31)17-37-10-12-38(13-11-37)28(40)24-16-26-35-23(15-25(29(32,33)34)39(26)36-24)20-9-8-18-4-1-2-5-19(18)14-20/h1-9,14-16H,10-13,17H2. The molecule has 3 aromatic carbocycles. The van der Waals surface area contributed by atoms with Gasteiger partial charge in [0.1, 0.15) is 0 Å². The Morgan fingerprint density at radius 2 is 1.60 bits per heavy atom. The van der Waals surface area contributed by atoms with Gasteiger partial charge in [-0.05, 0) is 29.0 Å². The zero-order chi connectivity index (χ0) is 28.0. The SMILES string of the molecule is O=C(c1cc2nc(-c3ccc4ccccc4c3)cc(C(F)(F)F)n2n1)N1CCN(Cc2cccc(F)c2F)CC1. The van der Waals surface area contributed by atoms with E-state index in [2.05, 4.69) is 10.1 Å². The molecule has 0 N–H and O–H groups in total. The van der Waals surface area contributed by atoms with Crippen LogP contribution < -0.4 is 0 Å². The molecule has 1 fully saturated rings. The Labute approximate surface area is 225 Å². The third-order valence-corrected chi connectivity index (χ3v) is 7.07. The lowest BCUT2D eigenvalue weighted by atomic mass is 10.0. The molecule has 1 amide bonds. The van der Waals surface area contributed by atoms with E-state index < -0.39 is 29.4 Å². The summed E-state index contributed by atoms with van der Waals surface area (Å²) in [6.45, 7) is 1.45. The van der Waals surface area contributed by atoms with Gasteiger partial charge in [-0.1, -0.05) is 48.5 Å². The van der Waals surface area contributed by atoms with E-state index in [9.17, 15) is 26.7 Å². The first-order chi connectivity index (χ1) is 19.2. The molecular weight excluding hydrogens is 529 g/mol. The van der Waals surface area contributed by atoms with E-state index in [1.807, 2.05) is 35.2 Å². The molecule has 0 spiro atoms. The number of carbonyl (C=O) groups is 1. The Bertz CT molecular complexity index is 1740. The largest absolute Gasteiger partial charge is 0.433 e. The molecule has 2 aromatic heterocycles. The van der Waals surface area contributed by atoms with E-state index in [4.69, 9.17) is 0 Å². The minimum Gasteiger partial charge on any atom is -0.335 e. The van der Waals surface area contributed by atoms with Crippen molar-refractivity contribution >= 4 is 22.3 Å². The summed E-state index contributed by atoms with van der Waals surface area (Å²) in [7, 11) is 0. The van der Waals surface area contributed by atoms with Crippen molar-refractivity contribution in [3.8, 4) is 11.3 Å². The number of hydrogen-bond donors (Lipinski definition) is 0. The van der Waals surface area contributed by atoms with Crippen LogP contribution in [-0.2, 0) is 12.7 Å². The summed E-state index contributed by atoms with van der Waals surface area (Å²) in [6.07, 6.45) is -4.74. The average molecular weight is 552 g/mol. The van der Waals surface area contributed by atoms with E-state index in [-0.39, 0.29) is 42.2 Å². The van der Waals surface area contributed by atoms with Gasteiger partial charge >= 0.3 is 6.18 Å². The smallest absolute Gasteiger partial charge is 0.335 e. The van der Waals surface area contributed by atoms with E-state index in [1.54, 1.807) is 12.1 Å². The highest BCUT2D eigenvalue weighted by atomic mass is 19.4. The lowest BCUT2D eigenvalue weighted by molar-refractivity contribution is -0.142. The van der Waals surface area contributed by atoms with Crippen molar-refractivity contribution in [2.45, 2.75) is 12.7 Å². The summed E-state index contributed by atoms with van der Waals surface area (Å²) in [5.41, 5.74) is -0.455. The van der Waals surface area contributed by atoms with Gasteiger partial charge in [-0.15, -0.1) is 0 Å². The number of fused-ring (bicyclic) bond motifs is 2. The normalized spacial score (nSPS) is 14.8. The lowest BCUT2D eigenvalue weighted by Crippen LogP contribution is -2.48. The molecule has 6 rings (SSSR count). The topological polar surface area (TPSA) is 53.7 Å². The number of rotatable bonds is 4. The van der Waals surface area contributed by atoms with E-state index in [0.29, 0.717) is 23.2 Å². The van der Waals surface area contributed by atoms with Gasteiger partial charge in [0, 0.05) is 49.9 Å². The Balaban J connectivity index is 1.26. The van der Waals surface area contributed by atoms with Gasteiger partial charge in [0.15, 0.2) is 28.7 Å². The Hall–Kier alpha value is -4.38. The van der Waals surface area contributed by atoms with Crippen LogP contribution in [-0.4, -0.2) is 56.5 Å². The molecule has 0 radical (unpaired) electrons. The zero-order valence-electron chi connectivity index (χ0n) is 21.0. The first kappa shape index (κ1) is 25.9. The van der Waals surface area contributed by atoms with Crippen LogP contribution in [0.4, 0.5) is 22.0 Å². The number of carbonyl (C=O) groups excluding carboxylic acids is 1. The van der Waals surface area contributed by atoms with Crippen molar-refractivity contribution in [1.82, 2.24) is 24.4 Å². The third-order valence-electron chi connectivity index (χ3n) is 7.07. The van der Waals surface area contributed by atoms with Crippen molar-refractivity contribution in [1.29, 1.82) is 0 Å². The number of halogens is 5. The van der Waals surface area contributed by atoms with Gasteiger partial charge in [0.05, 0.1) is 5.69 Å². The van der Waals surface area contributed by atoms with Gasteiger partial charge < -0.3 is 4.90 Å². The minimum atomic E-state index is -4.74. The molecule has 1 aliphatic heterocycles. The Kier molecular flexibility index (Phi) is 6.46. The predicted molar refractivity (Wildman–Crippen MR) is 138 cm³/mol. The van der Waals surface area contributed by atoms with Crippen molar-refractivity contribution < 1.29 is 26.7 Å².